The van der Waals surface area contributed by atoms with Gasteiger partial charge in [-0.15, -0.1) is 0 Å². The number of aliphatic imine (C=N–C) groups is 1. The standard InChI is InChI=1S/C21H31N/c1-3-4-14-20(2)19-22-18-13-8-6-5-7-10-15-21-16-11-9-12-17-21/h3-4,9,11-12,14,16-17,19H,5-8,10,13,15,18H2,1-2H3/b4-3-,20-14-,22-19?. The molecule has 0 unspecified atom stereocenters. The smallest absolute Gasteiger partial charge is 0.0389 e. The molecule has 1 rings (SSSR count). The zero-order chi connectivity index (χ0) is 15.9. The molecule has 0 saturated heterocycles. The van der Waals surface area contributed by atoms with E-state index in [9.17, 15) is 0 Å². The number of nitrogens with zero attached hydrogens (tertiary/aromatic N) is 1. The molecule has 0 heterocycles. The van der Waals surface area contributed by atoms with Gasteiger partial charge in [-0.05, 0) is 44.2 Å². The summed E-state index contributed by atoms with van der Waals surface area (Å²) in [7, 11) is 0. The second kappa shape index (κ2) is 13.1. The maximum Gasteiger partial charge on any atom is 0.0389 e. The number of hydrogen-bond donors (Lipinski definition) is 0. The molecular formula is C21H31N. The predicted octanol–water partition coefficient (Wildman–Crippen LogP) is 6.16. The van der Waals surface area contributed by atoms with Gasteiger partial charge in [0.1, 0.15) is 0 Å². The third kappa shape index (κ3) is 10.1. The zero-order valence-corrected chi connectivity index (χ0v) is 14.3. The lowest BCUT2D eigenvalue weighted by Crippen LogP contribution is -1.87. The van der Waals surface area contributed by atoms with Gasteiger partial charge in [-0.1, -0.05) is 74.2 Å². The quantitative estimate of drug-likeness (QED) is 0.263. The van der Waals surface area contributed by atoms with Gasteiger partial charge < -0.3 is 0 Å². The van der Waals surface area contributed by atoms with Gasteiger partial charge >= 0.3 is 0 Å². The molecule has 1 heteroatoms. The first-order chi connectivity index (χ1) is 10.8. The summed E-state index contributed by atoms with van der Waals surface area (Å²) in [5.74, 6) is 0. The van der Waals surface area contributed by atoms with E-state index in [1.54, 1.807) is 0 Å². The van der Waals surface area contributed by atoms with Crippen LogP contribution in [0.2, 0.25) is 0 Å². The van der Waals surface area contributed by atoms with Crippen LogP contribution in [0.1, 0.15) is 57.9 Å². The highest BCUT2D eigenvalue weighted by Crippen LogP contribution is 2.09. The maximum atomic E-state index is 4.47. The van der Waals surface area contributed by atoms with Gasteiger partial charge in [-0.3, -0.25) is 4.99 Å². The molecule has 0 amide bonds. The fraction of sp³-hybridized carbons (Fsp3) is 0.476. The minimum Gasteiger partial charge on any atom is -0.293 e. The molecule has 0 atom stereocenters. The van der Waals surface area contributed by atoms with Crippen molar-refractivity contribution in [2.24, 2.45) is 4.99 Å². The Morgan fingerprint density at radius 1 is 0.955 bits per heavy atom. The Morgan fingerprint density at radius 3 is 2.36 bits per heavy atom. The Balaban J connectivity index is 1.92. The fourth-order valence-electron chi connectivity index (χ4n) is 2.38. The van der Waals surface area contributed by atoms with E-state index in [0.717, 1.165) is 6.54 Å². The minimum atomic E-state index is 0.963. The highest BCUT2D eigenvalue weighted by molar-refractivity contribution is 5.78. The van der Waals surface area contributed by atoms with Crippen molar-refractivity contribution in [2.75, 3.05) is 6.54 Å². The first kappa shape index (κ1) is 18.4. The molecule has 1 nitrogen and oxygen atoms in total. The minimum absolute atomic E-state index is 0.963. The predicted molar refractivity (Wildman–Crippen MR) is 99.8 cm³/mol. The molecule has 0 N–H and O–H groups in total. The molecule has 0 aromatic heterocycles. The third-order valence-electron chi connectivity index (χ3n) is 3.69. The van der Waals surface area contributed by atoms with Crippen molar-refractivity contribution < 1.29 is 0 Å². The highest BCUT2D eigenvalue weighted by atomic mass is 14.7. The summed E-state index contributed by atoms with van der Waals surface area (Å²) in [5, 5.41) is 0. The summed E-state index contributed by atoms with van der Waals surface area (Å²) in [6.07, 6.45) is 17.3. The lowest BCUT2D eigenvalue weighted by molar-refractivity contribution is 0.598. The van der Waals surface area contributed by atoms with Gasteiger partial charge in [0.05, 0.1) is 0 Å². The van der Waals surface area contributed by atoms with Crippen LogP contribution in [0, 0.1) is 0 Å². The number of unbranched alkanes of at least 4 members (excludes halogenated alkanes) is 5. The van der Waals surface area contributed by atoms with Crippen LogP contribution >= 0.6 is 0 Å². The lowest BCUT2D eigenvalue weighted by atomic mass is 10.1. The van der Waals surface area contributed by atoms with E-state index in [4.69, 9.17) is 0 Å². The number of allylic oxidation sites excluding steroid dienone is 4. The molecule has 0 aliphatic rings. The van der Waals surface area contributed by atoms with E-state index >= 15 is 0 Å². The van der Waals surface area contributed by atoms with Crippen LogP contribution in [0.4, 0.5) is 0 Å². The van der Waals surface area contributed by atoms with Crippen molar-refractivity contribution >= 4 is 6.21 Å². The number of aryl methyl sites for hydroxylation is 1. The molecule has 0 bridgehead atoms. The highest BCUT2D eigenvalue weighted by Gasteiger charge is 1.93. The van der Waals surface area contributed by atoms with E-state index in [2.05, 4.69) is 54.4 Å². The number of hydrogen-bond acceptors (Lipinski definition) is 1. The number of rotatable bonds is 11. The molecule has 22 heavy (non-hydrogen) atoms. The van der Waals surface area contributed by atoms with Crippen LogP contribution in [-0.2, 0) is 6.42 Å². The van der Waals surface area contributed by atoms with Crippen molar-refractivity contribution in [3.05, 3.63) is 59.7 Å². The van der Waals surface area contributed by atoms with Crippen molar-refractivity contribution in [3.8, 4) is 0 Å². The average Bonchev–Trinajstić information content (AvgIpc) is 2.55. The number of benzene rings is 1. The Hall–Kier alpha value is -1.63. The van der Waals surface area contributed by atoms with Crippen molar-refractivity contribution in [1.82, 2.24) is 0 Å². The summed E-state index contributed by atoms with van der Waals surface area (Å²) in [4.78, 5) is 4.47. The van der Waals surface area contributed by atoms with Crippen LogP contribution in [0.3, 0.4) is 0 Å². The van der Waals surface area contributed by atoms with E-state index < -0.39 is 0 Å². The Labute approximate surface area is 136 Å². The van der Waals surface area contributed by atoms with Crippen LogP contribution in [-0.4, -0.2) is 12.8 Å². The average molecular weight is 297 g/mol. The van der Waals surface area contributed by atoms with Gasteiger partial charge in [0.2, 0.25) is 0 Å². The molecular weight excluding hydrogens is 266 g/mol. The molecule has 0 saturated carbocycles. The first-order valence-electron chi connectivity index (χ1n) is 8.66. The van der Waals surface area contributed by atoms with Crippen LogP contribution in [0.25, 0.3) is 0 Å². The van der Waals surface area contributed by atoms with Crippen LogP contribution < -0.4 is 0 Å². The molecule has 1 aromatic carbocycles. The SMILES string of the molecule is C/C=C\C=C(\C)C=NCCCCCCCCc1ccccc1. The van der Waals surface area contributed by atoms with Gasteiger partial charge in [-0.25, -0.2) is 0 Å². The normalized spacial score (nSPS) is 12.5. The van der Waals surface area contributed by atoms with E-state index in [1.165, 1.54) is 56.1 Å². The van der Waals surface area contributed by atoms with Crippen molar-refractivity contribution in [1.29, 1.82) is 0 Å². The van der Waals surface area contributed by atoms with Gasteiger partial charge in [0.15, 0.2) is 0 Å². The maximum absolute atomic E-state index is 4.47. The van der Waals surface area contributed by atoms with E-state index in [-0.39, 0.29) is 0 Å². The first-order valence-corrected chi connectivity index (χ1v) is 8.66. The topological polar surface area (TPSA) is 12.4 Å². The Morgan fingerprint density at radius 2 is 1.64 bits per heavy atom. The molecule has 120 valence electrons. The summed E-state index contributed by atoms with van der Waals surface area (Å²) in [6.45, 7) is 5.09. The molecule has 0 spiro atoms. The summed E-state index contributed by atoms with van der Waals surface area (Å²) in [5.41, 5.74) is 2.69. The summed E-state index contributed by atoms with van der Waals surface area (Å²) in [6, 6.07) is 10.8. The Bertz CT molecular complexity index is 454. The van der Waals surface area contributed by atoms with Gasteiger partial charge in [0.25, 0.3) is 0 Å². The summed E-state index contributed by atoms with van der Waals surface area (Å²) >= 11 is 0. The molecule has 0 fully saturated rings. The second-order valence-electron chi connectivity index (χ2n) is 5.83. The third-order valence-corrected chi connectivity index (χ3v) is 3.69. The molecule has 0 radical (unpaired) electrons. The fourth-order valence-corrected chi connectivity index (χ4v) is 2.38. The lowest BCUT2D eigenvalue weighted by Gasteiger charge is -2.02. The molecule has 0 aliphatic carbocycles. The monoisotopic (exact) mass is 297 g/mol. The summed E-state index contributed by atoms with van der Waals surface area (Å²) < 4.78 is 0. The zero-order valence-electron chi connectivity index (χ0n) is 14.3. The van der Waals surface area contributed by atoms with Crippen molar-refractivity contribution in [2.45, 2.75) is 58.8 Å². The van der Waals surface area contributed by atoms with E-state index in [0.29, 0.717) is 0 Å². The van der Waals surface area contributed by atoms with Gasteiger partial charge in [0, 0.05) is 12.8 Å². The van der Waals surface area contributed by atoms with Gasteiger partial charge in [-0.2, -0.15) is 0 Å². The Kier molecular flexibility index (Phi) is 10.9. The molecule has 0 aliphatic heterocycles. The van der Waals surface area contributed by atoms with E-state index in [1.807, 2.05) is 19.2 Å². The second-order valence-corrected chi connectivity index (χ2v) is 5.83. The molecule has 1 aromatic rings. The van der Waals surface area contributed by atoms with Crippen LogP contribution in [0.5, 0.6) is 0 Å². The van der Waals surface area contributed by atoms with Crippen LogP contribution in [0.15, 0.2) is 59.1 Å². The van der Waals surface area contributed by atoms with Crippen molar-refractivity contribution in [3.63, 3.8) is 0 Å². The largest absolute Gasteiger partial charge is 0.293 e.